The molecule has 19 heavy (non-hydrogen) atoms. The average Bonchev–Trinajstić information content (AvgIpc) is 2.91. The third kappa shape index (κ3) is 1.90. The molecule has 94 valence electrons. The fraction of sp³-hybridized carbons (Fsp3) is 0.214. The molecule has 0 saturated carbocycles. The van der Waals surface area contributed by atoms with E-state index in [1.807, 2.05) is 18.2 Å². The van der Waals surface area contributed by atoms with Crippen molar-refractivity contribution in [2.45, 2.75) is 12.8 Å². The van der Waals surface area contributed by atoms with Gasteiger partial charge < -0.3 is 4.90 Å². The Bertz CT molecular complexity index is 699. The van der Waals surface area contributed by atoms with E-state index in [9.17, 15) is 4.79 Å². The molecule has 0 unspecified atom stereocenters. The molecular formula is C14H11N3OS. The van der Waals surface area contributed by atoms with Gasteiger partial charge in [0.1, 0.15) is 10.9 Å². The van der Waals surface area contributed by atoms with Gasteiger partial charge >= 0.3 is 0 Å². The Morgan fingerprint density at radius 2 is 2.26 bits per heavy atom. The number of aryl methyl sites for hydroxylation is 1. The number of rotatable bonds is 1. The van der Waals surface area contributed by atoms with Crippen LogP contribution in [0.15, 0.2) is 23.7 Å². The highest BCUT2D eigenvalue weighted by Gasteiger charge is 2.21. The van der Waals surface area contributed by atoms with Crippen LogP contribution in [0.25, 0.3) is 11.3 Å². The van der Waals surface area contributed by atoms with Crippen LogP contribution >= 0.6 is 11.3 Å². The molecule has 1 aliphatic heterocycles. The van der Waals surface area contributed by atoms with Gasteiger partial charge in [-0.1, -0.05) is 6.07 Å². The number of benzene rings is 1. The molecule has 1 amide bonds. The molecule has 0 N–H and O–H groups in total. The molecule has 0 saturated heterocycles. The molecule has 2 heterocycles. The van der Waals surface area contributed by atoms with Gasteiger partial charge in [0.15, 0.2) is 0 Å². The molecule has 2 aromatic rings. The molecule has 1 aromatic carbocycles. The summed E-state index contributed by atoms with van der Waals surface area (Å²) in [5.74, 6) is 0.145. The summed E-state index contributed by atoms with van der Waals surface area (Å²) in [6, 6.07) is 8.05. The largest absolute Gasteiger partial charge is 0.315 e. The molecule has 0 radical (unpaired) electrons. The van der Waals surface area contributed by atoms with Crippen LogP contribution in [0.2, 0.25) is 0 Å². The Kier molecular flexibility index (Phi) is 2.80. The lowest BCUT2D eigenvalue weighted by Crippen LogP contribution is -2.30. The number of aromatic nitrogens is 1. The molecular weight excluding hydrogens is 258 g/mol. The van der Waals surface area contributed by atoms with Crippen LogP contribution in [-0.4, -0.2) is 17.9 Å². The van der Waals surface area contributed by atoms with E-state index in [2.05, 4.69) is 11.1 Å². The minimum Gasteiger partial charge on any atom is -0.315 e. The fourth-order valence-corrected chi connectivity index (χ4v) is 2.93. The van der Waals surface area contributed by atoms with Crippen molar-refractivity contribution in [1.82, 2.24) is 4.98 Å². The molecule has 4 nitrogen and oxygen atoms in total. The van der Waals surface area contributed by atoms with E-state index in [0.29, 0.717) is 11.3 Å². The minimum absolute atomic E-state index is 0.145. The van der Waals surface area contributed by atoms with Crippen molar-refractivity contribution >= 4 is 22.9 Å². The molecule has 0 fully saturated rings. The second-order valence-corrected chi connectivity index (χ2v) is 5.29. The van der Waals surface area contributed by atoms with Gasteiger partial charge in [0.25, 0.3) is 0 Å². The van der Waals surface area contributed by atoms with Crippen molar-refractivity contribution in [2.75, 3.05) is 11.9 Å². The Balaban J connectivity index is 2.08. The predicted octanol–water partition coefficient (Wildman–Crippen LogP) is 2.59. The van der Waals surface area contributed by atoms with Crippen LogP contribution in [0, 0.1) is 11.3 Å². The zero-order chi connectivity index (χ0) is 13.4. The summed E-state index contributed by atoms with van der Waals surface area (Å²) in [5.41, 5.74) is 5.45. The zero-order valence-electron chi connectivity index (χ0n) is 10.4. The van der Waals surface area contributed by atoms with Gasteiger partial charge in [-0.15, -0.1) is 11.3 Å². The van der Waals surface area contributed by atoms with E-state index in [1.165, 1.54) is 11.3 Å². The lowest BCUT2D eigenvalue weighted by Gasteiger charge is -2.26. The standard InChI is InChI=1S/C14H11N3OS/c1-17-11-4-2-10(6-9(11)3-5-13(17)18)14-12(7-15)19-8-16-14/h2,4,6,8H,3,5H2,1H3. The van der Waals surface area contributed by atoms with Crippen molar-refractivity contribution in [2.24, 2.45) is 0 Å². The first kappa shape index (κ1) is 11.9. The number of carbonyl (C=O) groups excluding carboxylic acids is 1. The number of carbonyl (C=O) groups is 1. The summed E-state index contributed by atoms with van der Waals surface area (Å²) in [6.07, 6.45) is 1.29. The Labute approximate surface area is 114 Å². The van der Waals surface area contributed by atoms with Crippen LogP contribution in [0.3, 0.4) is 0 Å². The maximum atomic E-state index is 11.6. The van der Waals surface area contributed by atoms with Gasteiger partial charge in [-0.3, -0.25) is 4.79 Å². The quantitative estimate of drug-likeness (QED) is 0.799. The molecule has 0 atom stereocenters. The van der Waals surface area contributed by atoms with E-state index in [-0.39, 0.29) is 5.91 Å². The first-order valence-corrected chi connectivity index (χ1v) is 6.82. The first-order chi connectivity index (χ1) is 9.20. The van der Waals surface area contributed by atoms with E-state index < -0.39 is 0 Å². The highest BCUT2D eigenvalue weighted by molar-refractivity contribution is 7.10. The molecule has 0 aliphatic carbocycles. The molecule has 3 rings (SSSR count). The van der Waals surface area contributed by atoms with Crippen LogP contribution in [0.5, 0.6) is 0 Å². The lowest BCUT2D eigenvalue weighted by molar-refractivity contribution is -0.118. The second kappa shape index (κ2) is 4.48. The van der Waals surface area contributed by atoms with Gasteiger partial charge in [0.05, 0.1) is 11.2 Å². The summed E-state index contributed by atoms with van der Waals surface area (Å²) < 4.78 is 0. The molecule has 1 aromatic heterocycles. The normalized spacial score (nSPS) is 14.1. The number of thiazole rings is 1. The highest BCUT2D eigenvalue weighted by atomic mass is 32.1. The molecule has 5 heteroatoms. The van der Waals surface area contributed by atoms with Crippen LogP contribution < -0.4 is 4.90 Å². The summed E-state index contributed by atoms with van der Waals surface area (Å²) in [6.45, 7) is 0. The SMILES string of the molecule is CN1C(=O)CCc2cc(-c3ncsc3C#N)ccc21. The number of anilines is 1. The number of fused-ring (bicyclic) bond motifs is 1. The highest BCUT2D eigenvalue weighted by Crippen LogP contribution is 2.32. The van der Waals surface area contributed by atoms with Gasteiger partial charge in [-0.05, 0) is 24.1 Å². The number of nitriles is 1. The monoisotopic (exact) mass is 269 g/mol. The first-order valence-electron chi connectivity index (χ1n) is 5.94. The second-order valence-electron chi connectivity index (χ2n) is 4.44. The number of hydrogen-bond donors (Lipinski definition) is 0. The van der Waals surface area contributed by atoms with Crippen molar-refractivity contribution in [3.8, 4) is 17.3 Å². The van der Waals surface area contributed by atoms with Crippen molar-refractivity contribution in [1.29, 1.82) is 5.26 Å². The van der Waals surface area contributed by atoms with E-state index in [1.54, 1.807) is 17.5 Å². The smallest absolute Gasteiger partial charge is 0.227 e. The van der Waals surface area contributed by atoms with E-state index in [4.69, 9.17) is 5.26 Å². The van der Waals surface area contributed by atoms with Gasteiger partial charge in [0.2, 0.25) is 5.91 Å². The lowest BCUT2D eigenvalue weighted by atomic mass is 9.98. The number of amides is 1. The van der Waals surface area contributed by atoms with Crippen molar-refractivity contribution < 1.29 is 4.79 Å². The maximum Gasteiger partial charge on any atom is 0.227 e. The predicted molar refractivity (Wildman–Crippen MR) is 74.0 cm³/mol. The molecule has 1 aliphatic rings. The van der Waals surface area contributed by atoms with Crippen LogP contribution in [-0.2, 0) is 11.2 Å². The minimum atomic E-state index is 0.145. The topological polar surface area (TPSA) is 57.0 Å². The summed E-state index contributed by atoms with van der Waals surface area (Å²) in [5, 5.41) is 9.05. The van der Waals surface area contributed by atoms with E-state index >= 15 is 0 Å². The maximum absolute atomic E-state index is 11.6. The van der Waals surface area contributed by atoms with Gasteiger partial charge in [-0.25, -0.2) is 4.98 Å². The summed E-state index contributed by atoms with van der Waals surface area (Å²) in [7, 11) is 1.80. The van der Waals surface area contributed by atoms with Crippen LogP contribution in [0.1, 0.15) is 16.9 Å². The number of hydrogen-bond acceptors (Lipinski definition) is 4. The van der Waals surface area contributed by atoms with Crippen molar-refractivity contribution in [3.05, 3.63) is 34.2 Å². The Morgan fingerprint density at radius 3 is 3.05 bits per heavy atom. The fourth-order valence-electron chi connectivity index (χ4n) is 2.34. The number of nitrogens with zero attached hydrogens (tertiary/aromatic N) is 3. The summed E-state index contributed by atoms with van der Waals surface area (Å²) >= 11 is 1.35. The third-order valence-electron chi connectivity index (χ3n) is 3.37. The molecule has 0 spiro atoms. The zero-order valence-corrected chi connectivity index (χ0v) is 11.2. The molecule has 0 bridgehead atoms. The van der Waals surface area contributed by atoms with Crippen molar-refractivity contribution in [3.63, 3.8) is 0 Å². The summed E-state index contributed by atoms with van der Waals surface area (Å²) in [4.78, 5) is 18.2. The third-order valence-corrected chi connectivity index (χ3v) is 4.10. The van der Waals surface area contributed by atoms with E-state index in [0.717, 1.165) is 28.9 Å². The van der Waals surface area contributed by atoms with Crippen LogP contribution in [0.4, 0.5) is 5.69 Å². The Hall–Kier alpha value is -2.19. The van der Waals surface area contributed by atoms with Gasteiger partial charge in [-0.2, -0.15) is 5.26 Å². The average molecular weight is 269 g/mol. The van der Waals surface area contributed by atoms with Gasteiger partial charge in [0, 0.05) is 24.7 Å². The Morgan fingerprint density at radius 1 is 1.42 bits per heavy atom.